The molecule has 2 aliphatic rings. The van der Waals surface area contributed by atoms with Crippen LogP contribution in [0.5, 0.6) is 0 Å². The molecule has 0 spiro atoms. The SMILES string of the molecule is CCNC(=NCc1ccc(N2CCCC2=O)cc1)NC1CN(C(C)C)CC1C.I. The topological polar surface area (TPSA) is 60.0 Å². The number of benzene rings is 1. The van der Waals surface area contributed by atoms with E-state index in [-0.39, 0.29) is 29.9 Å². The molecule has 1 amide bonds. The lowest BCUT2D eigenvalue weighted by Gasteiger charge is -2.22. The highest BCUT2D eigenvalue weighted by molar-refractivity contribution is 14.0. The van der Waals surface area contributed by atoms with Crippen molar-refractivity contribution in [3.63, 3.8) is 0 Å². The van der Waals surface area contributed by atoms with Gasteiger partial charge < -0.3 is 15.5 Å². The Labute approximate surface area is 192 Å². The van der Waals surface area contributed by atoms with Crippen LogP contribution in [-0.2, 0) is 11.3 Å². The Morgan fingerprint density at radius 1 is 1.24 bits per heavy atom. The Hall–Kier alpha value is -1.35. The predicted molar refractivity (Wildman–Crippen MR) is 131 cm³/mol. The molecule has 2 fully saturated rings. The minimum absolute atomic E-state index is 0. The van der Waals surface area contributed by atoms with Crippen LogP contribution >= 0.6 is 24.0 Å². The van der Waals surface area contributed by atoms with E-state index in [4.69, 9.17) is 4.99 Å². The molecule has 2 saturated heterocycles. The van der Waals surface area contributed by atoms with Crippen LogP contribution in [0.25, 0.3) is 0 Å². The predicted octanol–water partition coefficient (Wildman–Crippen LogP) is 3.22. The van der Waals surface area contributed by atoms with Gasteiger partial charge in [0.25, 0.3) is 0 Å². The van der Waals surface area contributed by atoms with E-state index in [0.29, 0.717) is 31.0 Å². The molecular weight excluding hydrogens is 477 g/mol. The number of guanidine groups is 1. The van der Waals surface area contributed by atoms with Crippen molar-refractivity contribution in [1.29, 1.82) is 0 Å². The largest absolute Gasteiger partial charge is 0.357 e. The van der Waals surface area contributed by atoms with Crippen LogP contribution in [0.2, 0.25) is 0 Å². The lowest BCUT2D eigenvalue weighted by atomic mass is 10.1. The summed E-state index contributed by atoms with van der Waals surface area (Å²) in [6.45, 7) is 13.4. The van der Waals surface area contributed by atoms with Crippen LogP contribution in [0, 0.1) is 5.92 Å². The number of hydrogen-bond acceptors (Lipinski definition) is 3. The summed E-state index contributed by atoms with van der Waals surface area (Å²) in [6.07, 6.45) is 1.62. The molecule has 2 unspecified atom stereocenters. The Balaban J connectivity index is 0.00000300. The summed E-state index contributed by atoms with van der Waals surface area (Å²) in [7, 11) is 0. The second-order valence-corrected chi connectivity index (χ2v) is 8.29. The minimum Gasteiger partial charge on any atom is -0.357 e. The highest BCUT2D eigenvalue weighted by Gasteiger charge is 2.31. The Morgan fingerprint density at radius 3 is 2.52 bits per heavy atom. The van der Waals surface area contributed by atoms with Crippen LogP contribution in [-0.4, -0.2) is 55.0 Å². The normalized spacial score (nSPS) is 22.9. The number of amides is 1. The van der Waals surface area contributed by atoms with Crippen LogP contribution in [0.1, 0.15) is 46.1 Å². The minimum atomic E-state index is 0. The zero-order valence-electron chi connectivity index (χ0n) is 18.1. The number of nitrogens with zero attached hydrogens (tertiary/aromatic N) is 3. The van der Waals surface area contributed by atoms with Gasteiger partial charge in [0.15, 0.2) is 5.96 Å². The summed E-state index contributed by atoms with van der Waals surface area (Å²) in [5.41, 5.74) is 2.14. The summed E-state index contributed by atoms with van der Waals surface area (Å²) < 4.78 is 0. The third-order valence-electron chi connectivity index (χ3n) is 5.78. The molecule has 1 aromatic rings. The van der Waals surface area contributed by atoms with Crippen molar-refractivity contribution in [3.8, 4) is 0 Å². The van der Waals surface area contributed by atoms with Gasteiger partial charge in [-0.15, -0.1) is 24.0 Å². The first kappa shape index (κ1) is 23.9. The average Bonchev–Trinajstić information content (AvgIpc) is 3.26. The number of nitrogens with one attached hydrogen (secondary N) is 2. The molecular formula is C22H36IN5O. The maximum Gasteiger partial charge on any atom is 0.227 e. The van der Waals surface area contributed by atoms with Crippen molar-refractivity contribution in [3.05, 3.63) is 29.8 Å². The van der Waals surface area contributed by atoms with Gasteiger partial charge in [0, 0.05) is 50.4 Å². The summed E-state index contributed by atoms with van der Waals surface area (Å²) in [5.74, 6) is 1.71. The van der Waals surface area contributed by atoms with Gasteiger partial charge >= 0.3 is 0 Å². The highest BCUT2D eigenvalue weighted by atomic mass is 127. The van der Waals surface area contributed by atoms with Crippen molar-refractivity contribution in [2.75, 3.05) is 31.1 Å². The molecule has 0 radical (unpaired) electrons. The fourth-order valence-corrected chi connectivity index (χ4v) is 3.98. The van der Waals surface area contributed by atoms with E-state index in [1.807, 2.05) is 17.0 Å². The van der Waals surface area contributed by atoms with E-state index in [9.17, 15) is 4.79 Å². The number of likely N-dealkylation sites (tertiary alicyclic amines) is 1. The first-order chi connectivity index (χ1) is 13.5. The molecule has 1 aromatic carbocycles. The maximum atomic E-state index is 11.9. The second kappa shape index (κ2) is 11.2. The van der Waals surface area contributed by atoms with Crippen molar-refractivity contribution >= 4 is 41.5 Å². The van der Waals surface area contributed by atoms with Gasteiger partial charge in [-0.2, -0.15) is 0 Å². The summed E-state index contributed by atoms with van der Waals surface area (Å²) in [4.78, 5) is 21.1. The lowest BCUT2D eigenvalue weighted by Crippen LogP contribution is -2.46. The van der Waals surface area contributed by atoms with Crippen LogP contribution in [0.15, 0.2) is 29.3 Å². The third-order valence-corrected chi connectivity index (χ3v) is 5.78. The lowest BCUT2D eigenvalue weighted by molar-refractivity contribution is -0.117. The number of anilines is 1. The monoisotopic (exact) mass is 513 g/mol. The highest BCUT2D eigenvalue weighted by Crippen LogP contribution is 2.22. The quantitative estimate of drug-likeness (QED) is 0.349. The van der Waals surface area contributed by atoms with Gasteiger partial charge in [-0.25, -0.2) is 4.99 Å². The van der Waals surface area contributed by atoms with E-state index >= 15 is 0 Å². The standard InChI is InChI=1S/C22H35N5O.HI/c1-5-23-22(25-20-15-26(16(2)3)14-17(20)4)24-13-18-8-10-19(11-9-18)27-12-6-7-21(27)28;/h8-11,16-17,20H,5-7,12-15H2,1-4H3,(H2,23,24,25);1H. The number of rotatable bonds is 6. The Kier molecular flexibility index (Phi) is 9.20. The molecule has 2 atom stereocenters. The molecule has 6 nitrogen and oxygen atoms in total. The van der Waals surface area contributed by atoms with E-state index in [1.54, 1.807) is 0 Å². The van der Waals surface area contributed by atoms with Crippen molar-refractivity contribution in [2.45, 2.75) is 59.2 Å². The van der Waals surface area contributed by atoms with E-state index in [2.05, 4.69) is 55.4 Å². The van der Waals surface area contributed by atoms with Gasteiger partial charge in [-0.05, 0) is 50.8 Å². The zero-order chi connectivity index (χ0) is 20.1. The molecule has 0 aromatic heterocycles. The summed E-state index contributed by atoms with van der Waals surface area (Å²) in [5, 5.41) is 7.00. The number of aliphatic imine (C=N–C) groups is 1. The molecule has 2 N–H and O–H groups in total. The first-order valence-electron chi connectivity index (χ1n) is 10.7. The van der Waals surface area contributed by atoms with Crippen LogP contribution < -0.4 is 15.5 Å². The molecule has 0 saturated carbocycles. The zero-order valence-corrected chi connectivity index (χ0v) is 20.5. The van der Waals surface area contributed by atoms with Gasteiger partial charge in [0.1, 0.15) is 0 Å². The molecule has 3 rings (SSSR count). The van der Waals surface area contributed by atoms with E-state index in [0.717, 1.165) is 49.8 Å². The molecule has 7 heteroatoms. The molecule has 162 valence electrons. The second-order valence-electron chi connectivity index (χ2n) is 8.29. The molecule has 2 heterocycles. The maximum absolute atomic E-state index is 11.9. The van der Waals surface area contributed by atoms with Gasteiger partial charge in [-0.1, -0.05) is 19.1 Å². The summed E-state index contributed by atoms with van der Waals surface area (Å²) >= 11 is 0. The summed E-state index contributed by atoms with van der Waals surface area (Å²) in [6, 6.07) is 9.22. The smallest absolute Gasteiger partial charge is 0.227 e. The van der Waals surface area contributed by atoms with Gasteiger partial charge in [0.2, 0.25) is 5.91 Å². The number of carbonyl (C=O) groups excluding carboxylic acids is 1. The third kappa shape index (κ3) is 6.31. The Bertz CT molecular complexity index is 691. The van der Waals surface area contributed by atoms with E-state index in [1.165, 1.54) is 0 Å². The van der Waals surface area contributed by atoms with Crippen molar-refractivity contribution < 1.29 is 4.79 Å². The van der Waals surface area contributed by atoms with Crippen LogP contribution in [0.3, 0.4) is 0 Å². The van der Waals surface area contributed by atoms with Crippen LogP contribution in [0.4, 0.5) is 5.69 Å². The van der Waals surface area contributed by atoms with Crippen molar-refractivity contribution in [2.24, 2.45) is 10.9 Å². The van der Waals surface area contributed by atoms with Crippen molar-refractivity contribution in [1.82, 2.24) is 15.5 Å². The van der Waals surface area contributed by atoms with Gasteiger partial charge in [-0.3, -0.25) is 9.69 Å². The van der Waals surface area contributed by atoms with Gasteiger partial charge in [0.05, 0.1) is 6.54 Å². The average molecular weight is 513 g/mol. The number of hydrogen-bond donors (Lipinski definition) is 2. The fraction of sp³-hybridized carbons (Fsp3) is 0.636. The molecule has 29 heavy (non-hydrogen) atoms. The molecule has 0 aliphatic carbocycles. The first-order valence-corrected chi connectivity index (χ1v) is 10.7. The number of halogens is 1. The molecule has 0 bridgehead atoms. The number of carbonyl (C=O) groups is 1. The molecule has 2 aliphatic heterocycles. The van der Waals surface area contributed by atoms with E-state index < -0.39 is 0 Å². The fourth-order valence-electron chi connectivity index (χ4n) is 3.98. The Morgan fingerprint density at radius 2 is 1.97 bits per heavy atom.